The fourth-order valence-corrected chi connectivity index (χ4v) is 3.63. The van der Waals surface area contributed by atoms with E-state index in [-0.39, 0.29) is 11.7 Å². The molecule has 5 heteroatoms. The highest BCUT2D eigenvalue weighted by atomic mass is 16.2. The lowest BCUT2D eigenvalue weighted by atomic mass is 9.98. The standard InChI is InChI=1S/C21H33N3O2/c1-17(25)15-21(2,3)23-20(26)9-12-22-19-10-13-24(14-11-19)16-18-7-5-4-6-8-18/h4-8,19,22H,9-16H2,1-3H3,(H,23,26). The van der Waals surface area contributed by atoms with Gasteiger partial charge in [0.2, 0.25) is 5.91 Å². The number of hydrogen-bond acceptors (Lipinski definition) is 4. The fourth-order valence-electron chi connectivity index (χ4n) is 3.63. The number of carbonyl (C=O) groups excluding carboxylic acids is 2. The molecule has 2 N–H and O–H groups in total. The van der Waals surface area contributed by atoms with Gasteiger partial charge in [0.1, 0.15) is 5.78 Å². The van der Waals surface area contributed by atoms with Crippen molar-refractivity contribution in [2.24, 2.45) is 0 Å². The minimum atomic E-state index is -0.467. The van der Waals surface area contributed by atoms with Crippen LogP contribution in [0.4, 0.5) is 0 Å². The first kappa shape index (κ1) is 20.6. The molecule has 1 aromatic rings. The van der Waals surface area contributed by atoms with Crippen LogP contribution in [0.2, 0.25) is 0 Å². The van der Waals surface area contributed by atoms with Crippen molar-refractivity contribution in [3.8, 4) is 0 Å². The van der Waals surface area contributed by atoms with Gasteiger partial charge in [-0.15, -0.1) is 0 Å². The van der Waals surface area contributed by atoms with Crippen LogP contribution in [-0.4, -0.2) is 47.8 Å². The number of Topliss-reactive ketones (excluding diaryl/α,β-unsaturated/α-hetero) is 1. The Morgan fingerprint density at radius 1 is 1.15 bits per heavy atom. The minimum absolute atomic E-state index is 0.00487. The third kappa shape index (κ3) is 7.67. The Bertz CT molecular complexity index is 578. The molecule has 144 valence electrons. The highest BCUT2D eigenvalue weighted by Gasteiger charge is 2.23. The Morgan fingerprint density at radius 2 is 1.81 bits per heavy atom. The van der Waals surface area contributed by atoms with E-state index in [4.69, 9.17) is 0 Å². The second-order valence-electron chi connectivity index (χ2n) is 8.05. The molecule has 0 radical (unpaired) electrons. The topological polar surface area (TPSA) is 61.4 Å². The Labute approximate surface area is 157 Å². The number of ketones is 1. The zero-order chi connectivity index (χ0) is 19.0. The fraction of sp³-hybridized carbons (Fsp3) is 0.619. The van der Waals surface area contributed by atoms with Crippen LogP contribution < -0.4 is 10.6 Å². The van der Waals surface area contributed by atoms with Crippen molar-refractivity contribution in [2.75, 3.05) is 19.6 Å². The molecule has 1 fully saturated rings. The minimum Gasteiger partial charge on any atom is -0.351 e. The Morgan fingerprint density at radius 3 is 2.42 bits per heavy atom. The molecule has 0 unspecified atom stereocenters. The number of likely N-dealkylation sites (tertiary alicyclic amines) is 1. The van der Waals surface area contributed by atoms with E-state index in [1.807, 2.05) is 13.8 Å². The van der Waals surface area contributed by atoms with Crippen molar-refractivity contribution >= 4 is 11.7 Å². The van der Waals surface area contributed by atoms with Crippen molar-refractivity contribution < 1.29 is 9.59 Å². The summed E-state index contributed by atoms with van der Waals surface area (Å²) in [6.45, 7) is 9.21. The van der Waals surface area contributed by atoms with Crippen LogP contribution in [0.25, 0.3) is 0 Å². The first-order valence-electron chi connectivity index (χ1n) is 9.64. The van der Waals surface area contributed by atoms with Gasteiger partial charge in [-0.1, -0.05) is 30.3 Å². The summed E-state index contributed by atoms with van der Waals surface area (Å²) in [5.41, 5.74) is 0.898. The van der Waals surface area contributed by atoms with E-state index in [0.717, 1.165) is 32.5 Å². The largest absolute Gasteiger partial charge is 0.351 e. The van der Waals surface area contributed by atoms with E-state index in [1.54, 1.807) is 6.92 Å². The summed E-state index contributed by atoms with van der Waals surface area (Å²) in [6.07, 6.45) is 3.05. The van der Waals surface area contributed by atoms with E-state index < -0.39 is 5.54 Å². The molecule has 1 aliphatic rings. The molecule has 5 nitrogen and oxygen atoms in total. The first-order valence-corrected chi connectivity index (χ1v) is 9.64. The number of nitrogens with one attached hydrogen (secondary N) is 2. The lowest BCUT2D eigenvalue weighted by Gasteiger charge is -2.32. The predicted octanol–water partition coefficient (Wildman–Crippen LogP) is 2.50. The Balaban J connectivity index is 1.61. The average molecular weight is 360 g/mol. The number of amides is 1. The maximum Gasteiger partial charge on any atom is 0.221 e. The summed E-state index contributed by atoms with van der Waals surface area (Å²) in [5.74, 6) is 0.0981. The van der Waals surface area contributed by atoms with Crippen molar-refractivity contribution in [3.63, 3.8) is 0 Å². The van der Waals surface area contributed by atoms with Gasteiger partial charge in [0.15, 0.2) is 0 Å². The lowest BCUT2D eigenvalue weighted by Crippen LogP contribution is -2.46. The molecule has 0 aliphatic carbocycles. The van der Waals surface area contributed by atoms with E-state index in [9.17, 15) is 9.59 Å². The Kier molecular flexibility index (Phi) is 7.79. The molecule has 0 saturated carbocycles. The third-order valence-electron chi connectivity index (χ3n) is 4.79. The molecular weight excluding hydrogens is 326 g/mol. The van der Waals surface area contributed by atoms with Gasteiger partial charge in [0, 0.05) is 37.5 Å². The van der Waals surface area contributed by atoms with Crippen LogP contribution in [0.1, 0.15) is 52.0 Å². The van der Waals surface area contributed by atoms with Gasteiger partial charge in [-0.25, -0.2) is 0 Å². The van der Waals surface area contributed by atoms with Crippen molar-refractivity contribution in [1.82, 2.24) is 15.5 Å². The van der Waals surface area contributed by atoms with Gasteiger partial charge >= 0.3 is 0 Å². The molecule has 1 amide bonds. The van der Waals surface area contributed by atoms with Gasteiger partial charge < -0.3 is 10.6 Å². The molecule has 0 bridgehead atoms. The van der Waals surface area contributed by atoms with E-state index in [1.165, 1.54) is 5.56 Å². The predicted molar refractivity (Wildman–Crippen MR) is 105 cm³/mol. The summed E-state index contributed by atoms with van der Waals surface area (Å²) < 4.78 is 0. The lowest BCUT2D eigenvalue weighted by molar-refractivity contribution is -0.123. The van der Waals surface area contributed by atoms with Crippen molar-refractivity contribution in [1.29, 1.82) is 0 Å². The number of nitrogens with zero attached hydrogens (tertiary/aromatic N) is 1. The monoisotopic (exact) mass is 359 g/mol. The third-order valence-corrected chi connectivity index (χ3v) is 4.79. The van der Waals surface area contributed by atoms with Crippen LogP contribution in [0.3, 0.4) is 0 Å². The normalized spacial score (nSPS) is 16.4. The van der Waals surface area contributed by atoms with Crippen LogP contribution in [0.5, 0.6) is 0 Å². The Hall–Kier alpha value is -1.72. The maximum atomic E-state index is 12.1. The molecule has 0 atom stereocenters. The highest BCUT2D eigenvalue weighted by Crippen LogP contribution is 2.14. The molecule has 1 aliphatic heterocycles. The molecule has 1 aromatic carbocycles. The number of rotatable bonds is 9. The van der Waals surface area contributed by atoms with E-state index in [2.05, 4.69) is 45.9 Å². The number of piperidine rings is 1. The molecule has 26 heavy (non-hydrogen) atoms. The molecular formula is C21H33N3O2. The van der Waals surface area contributed by atoms with E-state index >= 15 is 0 Å². The van der Waals surface area contributed by atoms with E-state index in [0.29, 0.717) is 25.4 Å². The number of hydrogen-bond donors (Lipinski definition) is 2. The maximum absolute atomic E-state index is 12.1. The summed E-state index contributed by atoms with van der Waals surface area (Å²) in [5, 5.41) is 6.46. The van der Waals surface area contributed by atoms with Crippen molar-refractivity contribution in [3.05, 3.63) is 35.9 Å². The molecule has 0 spiro atoms. The summed E-state index contributed by atoms with van der Waals surface area (Å²) >= 11 is 0. The van der Waals surface area contributed by atoms with Gasteiger partial charge in [-0.2, -0.15) is 0 Å². The zero-order valence-corrected chi connectivity index (χ0v) is 16.4. The second kappa shape index (κ2) is 9.83. The quantitative estimate of drug-likeness (QED) is 0.711. The summed E-state index contributed by atoms with van der Waals surface area (Å²) in [6, 6.07) is 11.1. The molecule has 2 rings (SSSR count). The number of benzene rings is 1. The average Bonchev–Trinajstić information content (AvgIpc) is 2.55. The van der Waals surface area contributed by atoms with Gasteiger partial charge in [0.25, 0.3) is 0 Å². The summed E-state index contributed by atoms with van der Waals surface area (Å²) in [4.78, 5) is 25.8. The first-order chi connectivity index (χ1) is 12.3. The SMILES string of the molecule is CC(=O)CC(C)(C)NC(=O)CCNC1CCN(Cc2ccccc2)CC1. The van der Waals surface area contributed by atoms with Crippen LogP contribution in [-0.2, 0) is 16.1 Å². The van der Waals surface area contributed by atoms with Crippen LogP contribution in [0, 0.1) is 0 Å². The molecule has 0 aromatic heterocycles. The van der Waals surface area contributed by atoms with Gasteiger partial charge in [-0.3, -0.25) is 14.5 Å². The van der Waals surface area contributed by atoms with Gasteiger partial charge in [-0.05, 0) is 52.3 Å². The van der Waals surface area contributed by atoms with Crippen molar-refractivity contribution in [2.45, 2.75) is 64.6 Å². The molecule has 1 saturated heterocycles. The van der Waals surface area contributed by atoms with Crippen LogP contribution >= 0.6 is 0 Å². The van der Waals surface area contributed by atoms with Crippen LogP contribution in [0.15, 0.2) is 30.3 Å². The second-order valence-corrected chi connectivity index (χ2v) is 8.05. The number of carbonyl (C=O) groups is 2. The smallest absolute Gasteiger partial charge is 0.221 e. The zero-order valence-electron chi connectivity index (χ0n) is 16.4. The van der Waals surface area contributed by atoms with Gasteiger partial charge in [0.05, 0.1) is 0 Å². The summed E-state index contributed by atoms with van der Waals surface area (Å²) in [7, 11) is 0. The molecule has 1 heterocycles. The highest BCUT2D eigenvalue weighted by molar-refractivity contribution is 5.80.